The lowest BCUT2D eigenvalue weighted by Crippen LogP contribution is -2.21. The number of esters is 3. The second-order valence-electron chi connectivity index (χ2n) is 7.58. The minimum absolute atomic E-state index is 0.191. The van der Waals surface area contributed by atoms with Crippen molar-refractivity contribution in [2.45, 2.75) is 46.0 Å². The van der Waals surface area contributed by atoms with Crippen molar-refractivity contribution in [1.82, 2.24) is 0 Å². The number of aryl methyl sites for hydroxylation is 1. The van der Waals surface area contributed by atoms with Crippen molar-refractivity contribution in [2.24, 2.45) is 0 Å². The number of nitrogens with one attached hydrogen (secondary N) is 2. The smallest absolute Gasteiger partial charge is 0.341 e. The van der Waals surface area contributed by atoms with E-state index in [2.05, 4.69) is 10.6 Å². The van der Waals surface area contributed by atoms with Crippen LogP contribution in [0, 0.1) is 0 Å². The maximum Gasteiger partial charge on any atom is 0.341 e. The Morgan fingerprint density at radius 1 is 0.912 bits per heavy atom. The van der Waals surface area contributed by atoms with Crippen molar-refractivity contribution < 1.29 is 28.6 Å². The van der Waals surface area contributed by atoms with E-state index in [1.54, 1.807) is 26.0 Å². The van der Waals surface area contributed by atoms with Crippen molar-refractivity contribution in [3.63, 3.8) is 0 Å². The number of thiophene rings is 1. The van der Waals surface area contributed by atoms with Gasteiger partial charge in [-0.15, -0.1) is 11.3 Å². The van der Waals surface area contributed by atoms with Gasteiger partial charge in [-0.3, -0.25) is 0 Å². The zero-order chi connectivity index (χ0) is 24.7. The number of benzene rings is 1. The molecule has 1 aliphatic rings. The van der Waals surface area contributed by atoms with Crippen molar-refractivity contribution >= 4 is 57.3 Å². The fourth-order valence-corrected chi connectivity index (χ4v) is 5.34. The van der Waals surface area contributed by atoms with Gasteiger partial charge in [-0.25, -0.2) is 14.4 Å². The van der Waals surface area contributed by atoms with Gasteiger partial charge in [-0.05, 0) is 75.5 Å². The number of carbonyl (C=O) groups is 3. The van der Waals surface area contributed by atoms with Gasteiger partial charge in [0.1, 0.15) is 5.00 Å². The zero-order valence-corrected chi connectivity index (χ0v) is 21.1. The molecular weight excluding hydrogens is 476 g/mol. The summed E-state index contributed by atoms with van der Waals surface area (Å²) in [5, 5.41) is 6.93. The van der Waals surface area contributed by atoms with Crippen LogP contribution in [-0.2, 0) is 27.1 Å². The standard InChI is InChI=1S/C24H28N2O6S2/c1-4-31-21(27)14-11-15(22(28)32-5-2)13-16(12-14)25-24(33)26-20-19(23(29)30-3)17-9-7-6-8-10-18(17)34-20/h11-13H,4-10H2,1-3H3,(H2,25,26,33). The molecule has 0 unspecified atom stereocenters. The summed E-state index contributed by atoms with van der Waals surface area (Å²) in [6, 6.07) is 4.50. The first-order valence-electron chi connectivity index (χ1n) is 11.2. The fourth-order valence-electron chi connectivity index (χ4n) is 3.78. The van der Waals surface area contributed by atoms with E-state index in [-0.39, 0.29) is 29.5 Å². The van der Waals surface area contributed by atoms with E-state index in [9.17, 15) is 14.4 Å². The van der Waals surface area contributed by atoms with E-state index in [4.69, 9.17) is 26.4 Å². The third kappa shape index (κ3) is 6.12. The number of hydrogen-bond acceptors (Lipinski definition) is 8. The Bertz CT molecular complexity index is 1060. The summed E-state index contributed by atoms with van der Waals surface area (Å²) in [6.45, 7) is 3.80. The molecule has 0 atom stereocenters. The Morgan fingerprint density at radius 3 is 2.12 bits per heavy atom. The fraction of sp³-hybridized carbons (Fsp3) is 0.417. The van der Waals surface area contributed by atoms with Crippen LogP contribution in [0.4, 0.5) is 10.7 Å². The summed E-state index contributed by atoms with van der Waals surface area (Å²) in [7, 11) is 1.36. The molecule has 8 nitrogen and oxygen atoms in total. The number of anilines is 2. The Hall–Kier alpha value is -2.98. The van der Waals surface area contributed by atoms with Gasteiger partial charge >= 0.3 is 17.9 Å². The molecule has 0 aliphatic heterocycles. The topological polar surface area (TPSA) is 103 Å². The highest BCUT2D eigenvalue weighted by Crippen LogP contribution is 2.38. The van der Waals surface area contributed by atoms with Gasteiger partial charge in [0.15, 0.2) is 5.11 Å². The molecule has 0 fully saturated rings. The van der Waals surface area contributed by atoms with E-state index < -0.39 is 17.9 Å². The normalized spacial score (nSPS) is 12.7. The summed E-state index contributed by atoms with van der Waals surface area (Å²) in [6.07, 6.45) is 4.96. The van der Waals surface area contributed by atoms with Gasteiger partial charge in [0.05, 0.1) is 37.0 Å². The van der Waals surface area contributed by atoms with E-state index in [0.717, 1.165) is 42.5 Å². The highest BCUT2D eigenvalue weighted by molar-refractivity contribution is 7.80. The minimum atomic E-state index is -0.564. The first-order chi connectivity index (χ1) is 16.4. The molecule has 0 spiro atoms. The average Bonchev–Trinajstić information content (AvgIpc) is 2.98. The summed E-state index contributed by atoms with van der Waals surface area (Å²) < 4.78 is 15.2. The number of ether oxygens (including phenoxy) is 3. The lowest BCUT2D eigenvalue weighted by atomic mass is 10.1. The molecule has 0 saturated carbocycles. The molecule has 2 aromatic rings. The molecular formula is C24H28N2O6S2. The molecule has 0 bridgehead atoms. The quantitative estimate of drug-likeness (QED) is 0.234. The second-order valence-corrected chi connectivity index (χ2v) is 9.09. The Labute approximate surface area is 208 Å². The van der Waals surface area contributed by atoms with Crippen LogP contribution >= 0.6 is 23.6 Å². The number of methoxy groups -OCH3 is 1. The summed E-state index contributed by atoms with van der Waals surface area (Å²) in [5.74, 6) is -1.53. The molecule has 1 aliphatic carbocycles. The van der Waals surface area contributed by atoms with E-state index in [0.29, 0.717) is 16.3 Å². The number of carbonyl (C=O) groups excluding carboxylic acids is 3. The molecule has 182 valence electrons. The van der Waals surface area contributed by atoms with Crippen molar-refractivity contribution in [2.75, 3.05) is 31.0 Å². The number of hydrogen-bond donors (Lipinski definition) is 2. The maximum atomic E-state index is 12.6. The number of rotatable bonds is 7. The molecule has 1 heterocycles. The van der Waals surface area contributed by atoms with Crippen LogP contribution in [0.2, 0.25) is 0 Å². The van der Waals surface area contributed by atoms with Gasteiger partial charge in [0.2, 0.25) is 0 Å². The van der Waals surface area contributed by atoms with Crippen molar-refractivity contribution in [3.8, 4) is 0 Å². The van der Waals surface area contributed by atoms with Crippen molar-refractivity contribution in [3.05, 3.63) is 45.3 Å². The summed E-state index contributed by atoms with van der Waals surface area (Å²) >= 11 is 6.99. The lowest BCUT2D eigenvalue weighted by Gasteiger charge is -2.13. The molecule has 1 aromatic heterocycles. The SMILES string of the molecule is CCOC(=O)c1cc(NC(=S)Nc2sc3c(c2C(=O)OC)CCCCC3)cc(C(=O)OCC)c1. The van der Waals surface area contributed by atoms with E-state index in [1.165, 1.54) is 24.5 Å². The number of thiocarbonyl (C=S) groups is 1. The van der Waals surface area contributed by atoms with Gasteiger partial charge in [-0.2, -0.15) is 0 Å². The van der Waals surface area contributed by atoms with Crippen LogP contribution in [0.15, 0.2) is 18.2 Å². The molecule has 0 saturated heterocycles. The highest BCUT2D eigenvalue weighted by Gasteiger charge is 2.26. The molecule has 0 amide bonds. The molecule has 2 N–H and O–H groups in total. The highest BCUT2D eigenvalue weighted by atomic mass is 32.1. The van der Waals surface area contributed by atoms with Crippen LogP contribution in [0.1, 0.15) is 74.6 Å². The monoisotopic (exact) mass is 504 g/mol. The zero-order valence-electron chi connectivity index (χ0n) is 19.4. The minimum Gasteiger partial charge on any atom is -0.465 e. The molecule has 3 rings (SSSR count). The third-order valence-corrected chi connectivity index (χ3v) is 6.66. The maximum absolute atomic E-state index is 12.6. The van der Waals surface area contributed by atoms with Crippen LogP contribution in [0.5, 0.6) is 0 Å². The lowest BCUT2D eigenvalue weighted by molar-refractivity contribution is 0.0523. The predicted octanol–water partition coefficient (Wildman–Crippen LogP) is 4.97. The first kappa shape index (κ1) is 25.6. The van der Waals surface area contributed by atoms with Crippen LogP contribution in [-0.4, -0.2) is 43.3 Å². The Morgan fingerprint density at radius 2 is 1.53 bits per heavy atom. The summed E-state index contributed by atoms with van der Waals surface area (Å²) in [4.78, 5) is 38.3. The Balaban J connectivity index is 1.87. The van der Waals surface area contributed by atoms with E-state index >= 15 is 0 Å². The Kier molecular flexibility index (Phi) is 9.00. The first-order valence-corrected chi connectivity index (χ1v) is 12.4. The average molecular weight is 505 g/mol. The second kappa shape index (κ2) is 11.9. The van der Waals surface area contributed by atoms with E-state index in [1.807, 2.05) is 0 Å². The summed E-state index contributed by atoms with van der Waals surface area (Å²) in [5.41, 5.74) is 2.32. The van der Waals surface area contributed by atoms with Gasteiger partial charge < -0.3 is 24.8 Å². The van der Waals surface area contributed by atoms with Gasteiger partial charge in [0.25, 0.3) is 0 Å². The number of fused-ring (bicyclic) bond motifs is 1. The van der Waals surface area contributed by atoms with Gasteiger partial charge in [0, 0.05) is 10.6 Å². The van der Waals surface area contributed by atoms with Crippen molar-refractivity contribution in [1.29, 1.82) is 0 Å². The van der Waals surface area contributed by atoms with Gasteiger partial charge in [-0.1, -0.05) is 6.42 Å². The molecule has 1 aromatic carbocycles. The van der Waals surface area contributed by atoms with Crippen LogP contribution in [0.25, 0.3) is 0 Å². The third-order valence-electron chi connectivity index (χ3n) is 5.25. The van der Waals surface area contributed by atoms with Crippen LogP contribution in [0.3, 0.4) is 0 Å². The van der Waals surface area contributed by atoms with Crippen LogP contribution < -0.4 is 10.6 Å². The molecule has 0 radical (unpaired) electrons. The largest absolute Gasteiger partial charge is 0.465 e. The predicted molar refractivity (Wildman–Crippen MR) is 135 cm³/mol. The molecule has 10 heteroatoms. The molecule has 34 heavy (non-hydrogen) atoms.